The van der Waals surface area contributed by atoms with Crippen LogP contribution in [0.4, 0.5) is 0 Å². The third kappa shape index (κ3) is 3.98. The van der Waals surface area contributed by atoms with Crippen LogP contribution in [0.2, 0.25) is 0 Å². The highest BCUT2D eigenvalue weighted by molar-refractivity contribution is 5.91. The summed E-state index contributed by atoms with van der Waals surface area (Å²) in [5.74, 6) is -0.196. The Morgan fingerprint density at radius 3 is 2.81 bits per heavy atom. The van der Waals surface area contributed by atoms with Gasteiger partial charge < -0.3 is 11.1 Å². The van der Waals surface area contributed by atoms with Gasteiger partial charge in [0, 0.05) is 13.1 Å². The summed E-state index contributed by atoms with van der Waals surface area (Å²) < 4.78 is 1.56. The van der Waals surface area contributed by atoms with E-state index >= 15 is 0 Å². The second-order valence-corrected chi connectivity index (χ2v) is 4.90. The summed E-state index contributed by atoms with van der Waals surface area (Å²) in [4.78, 5) is 11.7. The molecule has 0 bridgehead atoms. The van der Waals surface area contributed by atoms with Gasteiger partial charge in [0.25, 0.3) is 5.91 Å². The quantitative estimate of drug-likeness (QED) is 0.756. The van der Waals surface area contributed by atoms with Crippen molar-refractivity contribution in [1.82, 2.24) is 20.3 Å². The maximum atomic E-state index is 11.7. The summed E-state index contributed by atoms with van der Waals surface area (Å²) in [6.07, 6.45) is 1.60. The average molecular weight is 225 g/mol. The van der Waals surface area contributed by atoms with E-state index in [1.165, 1.54) is 0 Å². The molecule has 0 atom stereocenters. The largest absolute Gasteiger partial charge is 0.350 e. The summed E-state index contributed by atoms with van der Waals surface area (Å²) in [5, 5.41) is 10.4. The Labute approximate surface area is 95.2 Å². The summed E-state index contributed by atoms with van der Waals surface area (Å²) >= 11 is 0. The van der Waals surface area contributed by atoms with Crippen LogP contribution in [0.25, 0.3) is 0 Å². The molecule has 0 aromatic carbocycles. The summed E-state index contributed by atoms with van der Waals surface area (Å²) in [5.41, 5.74) is 5.76. The van der Waals surface area contributed by atoms with E-state index in [-0.39, 0.29) is 11.3 Å². The van der Waals surface area contributed by atoms with E-state index in [9.17, 15) is 4.79 Å². The maximum absolute atomic E-state index is 11.7. The number of hydrogen-bond donors (Lipinski definition) is 2. The van der Waals surface area contributed by atoms with Gasteiger partial charge >= 0.3 is 0 Å². The van der Waals surface area contributed by atoms with Crippen LogP contribution in [-0.2, 0) is 6.54 Å². The Balaban J connectivity index is 2.53. The van der Waals surface area contributed by atoms with Gasteiger partial charge in [0.2, 0.25) is 0 Å². The summed E-state index contributed by atoms with van der Waals surface area (Å²) in [7, 11) is 0. The highest BCUT2D eigenvalue weighted by Gasteiger charge is 2.15. The average Bonchev–Trinajstić information content (AvgIpc) is 2.62. The van der Waals surface area contributed by atoms with E-state index in [1.807, 2.05) is 0 Å². The molecule has 1 amide bonds. The third-order valence-electron chi connectivity index (χ3n) is 1.91. The van der Waals surface area contributed by atoms with Crippen molar-refractivity contribution in [3.05, 3.63) is 11.9 Å². The molecule has 1 aromatic rings. The van der Waals surface area contributed by atoms with Crippen LogP contribution in [-0.4, -0.2) is 34.0 Å². The smallest absolute Gasteiger partial charge is 0.273 e. The maximum Gasteiger partial charge on any atom is 0.273 e. The van der Waals surface area contributed by atoms with E-state index in [0.717, 1.165) is 0 Å². The van der Waals surface area contributed by atoms with Gasteiger partial charge in [-0.3, -0.25) is 9.48 Å². The molecule has 0 radical (unpaired) electrons. The molecule has 0 aliphatic heterocycles. The standard InChI is InChI=1S/C10H19N5O/c1-10(2,3)7-12-9(16)8-6-15(5-4-11)14-13-8/h6H,4-5,7,11H2,1-3H3,(H,12,16). The zero-order chi connectivity index (χ0) is 12.2. The topological polar surface area (TPSA) is 85.8 Å². The van der Waals surface area contributed by atoms with Gasteiger partial charge in [-0.2, -0.15) is 0 Å². The Kier molecular flexibility index (Phi) is 4.00. The molecule has 6 heteroatoms. The number of hydrogen-bond acceptors (Lipinski definition) is 4. The highest BCUT2D eigenvalue weighted by Crippen LogP contribution is 2.10. The minimum Gasteiger partial charge on any atom is -0.350 e. The number of amides is 1. The SMILES string of the molecule is CC(C)(C)CNC(=O)c1cn(CCN)nn1. The first kappa shape index (κ1) is 12.6. The Morgan fingerprint density at radius 1 is 1.56 bits per heavy atom. The molecule has 90 valence electrons. The molecular weight excluding hydrogens is 206 g/mol. The molecule has 6 nitrogen and oxygen atoms in total. The van der Waals surface area contributed by atoms with Crippen LogP contribution in [0.5, 0.6) is 0 Å². The van der Waals surface area contributed by atoms with Gasteiger partial charge in [0.15, 0.2) is 5.69 Å². The molecule has 0 aliphatic carbocycles. The molecular formula is C10H19N5O. The van der Waals surface area contributed by atoms with Crippen molar-refractivity contribution >= 4 is 5.91 Å². The highest BCUT2D eigenvalue weighted by atomic mass is 16.2. The van der Waals surface area contributed by atoms with Crippen LogP contribution < -0.4 is 11.1 Å². The Bertz CT molecular complexity index is 352. The van der Waals surface area contributed by atoms with Gasteiger partial charge in [0.05, 0.1) is 12.7 Å². The first-order valence-corrected chi connectivity index (χ1v) is 5.31. The molecule has 0 saturated carbocycles. The van der Waals surface area contributed by atoms with E-state index in [2.05, 4.69) is 36.4 Å². The molecule has 1 heterocycles. The van der Waals surface area contributed by atoms with Crippen LogP contribution in [0.15, 0.2) is 6.20 Å². The number of rotatable bonds is 4. The number of nitrogens with two attached hydrogens (primary N) is 1. The number of carbonyl (C=O) groups excluding carboxylic acids is 1. The fraction of sp³-hybridized carbons (Fsp3) is 0.700. The van der Waals surface area contributed by atoms with Gasteiger partial charge in [0.1, 0.15) is 0 Å². The van der Waals surface area contributed by atoms with Crippen molar-refractivity contribution in [2.75, 3.05) is 13.1 Å². The van der Waals surface area contributed by atoms with Crippen molar-refractivity contribution in [3.8, 4) is 0 Å². The third-order valence-corrected chi connectivity index (χ3v) is 1.91. The number of nitrogens with one attached hydrogen (secondary N) is 1. The molecule has 0 spiro atoms. The van der Waals surface area contributed by atoms with Crippen molar-refractivity contribution in [2.45, 2.75) is 27.3 Å². The predicted octanol–water partition coefficient (Wildman–Crippen LogP) is 0.0127. The second-order valence-electron chi connectivity index (χ2n) is 4.90. The van der Waals surface area contributed by atoms with Crippen LogP contribution in [0, 0.1) is 5.41 Å². The fourth-order valence-electron chi connectivity index (χ4n) is 1.08. The fourth-order valence-corrected chi connectivity index (χ4v) is 1.08. The number of aromatic nitrogens is 3. The first-order valence-electron chi connectivity index (χ1n) is 5.31. The first-order chi connectivity index (χ1) is 7.42. The minimum atomic E-state index is -0.196. The van der Waals surface area contributed by atoms with Crippen molar-refractivity contribution in [3.63, 3.8) is 0 Å². The van der Waals surface area contributed by atoms with Gasteiger partial charge in [-0.1, -0.05) is 26.0 Å². The van der Waals surface area contributed by atoms with Crippen molar-refractivity contribution in [2.24, 2.45) is 11.1 Å². The summed E-state index contributed by atoms with van der Waals surface area (Å²) in [6, 6.07) is 0. The van der Waals surface area contributed by atoms with Crippen molar-refractivity contribution < 1.29 is 4.79 Å². The second kappa shape index (κ2) is 5.07. The molecule has 16 heavy (non-hydrogen) atoms. The lowest BCUT2D eigenvalue weighted by molar-refractivity contribution is 0.0934. The van der Waals surface area contributed by atoms with Crippen LogP contribution in [0.3, 0.4) is 0 Å². The van der Waals surface area contributed by atoms with Gasteiger partial charge in [-0.25, -0.2) is 0 Å². The number of nitrogens with zero attached hydrogens (tertiary/aromatic N) is 3. The minimum absolute atomic E-state index is 0.0584. The Hall–Kier alpha value is -1.43. The zero-order valence-electron chi connectivity index (χ0n) is 10.0. The molecule has 3 N–H and O–H groups in total. The van der Waals surface area contributed by atoms with Crippen LogP contribution in [0.1, 0.15) is 31.3 Å². The van der Waals surface area contributed by atoms with E-state index in [4.69, 9.17) is 5.73 Å². The molecule has 0 aliphatic rings. The van der Waals surface area contributed by atoms with E-state index < -0.39 is 0 Å². The predicted molar refractivity (Wildman–Crippen MR) is 60.9 cm³/mol. The van der Waals surface area contributed by atoms with Gasteiger partial charge in [-0.15, -0.1) is 5.10 Å². The summed E-state index contributed by atoms with van der Waals surface area (Å²) in [6.45, 7) is 7.82. The normalized spacial score (nSPS) is 11.5. The van der Waals surface area contributed by atoms with E-state index in [0.29, 0.717) is 25.3 Å². The van der Waals surface area contributed by atoms with Gasteiger partial charge in [-0.05, 0) is 5.41 Å². The monoisotopic (exact) mass is 225 g/mol. The van der Waals surface area contributed by atoms with E-state index in [1.54, 1.807) is 10.9 Å². The zero-order valence-corrected chi connectivity index (χ0v) is 10.0. The lowest BCUT2D eigenvalue weighted by atomic mass is 9.97. The molecule has 1 rings (SSSR count). The van der Waals surface area contributed by atoms with Crippen molar-refractivity contribution in [1.29, 1.82) is 0 Å². The Morgan fingerprint density at radius 2 is 2.25 bits per heavy atom. The molecule has 1 aromatic heterocycles. The lowest BCUT2D eigenvalue weighted by Crippen LogP contribution is -2.32. The molecule has 0 unspecified atom stereocenters. The van der Waals surface area contributed by atoms with Crippen LogP contribution >= 0.6 is 0 Å². The molecule has 0 fully saturated rings. The lowest BCUT2D eigenvalue weighted by Gasteiger charge is -2.17. The number of carbonyl (C=O) groups is 1. The molecule has 0 saturated heterocycles.